The predicted molar refractivity (Wildman–Crippen MR) is 134 cm³/mol. The number of aromatic amines is 1. The van der Waals surface area contributed by atoms with Crippen LogP contribution in [-0.4, -0.2) is 70.8 Å². The van der Waals surface area contributed by atoms with Crippen molar-refractivity contribution in [1.29, 1.82) is 0 Å². The number of nitrogens with one attached hydrogen (secondary N) is 1. The third-order valence-electron chi connectivity index (χ3n) is 6.56. The lowest BCUT2D eigenvalue weighted by Crippen LogP contribution is -2.33. The molecule has 3 rings (SSSR count). The largest absolute Gasteiger partial charge is 0.507 e. The van der Waals surface area contributed by atoms with Crippen molar-refractivity contribution in [3.63, 3.8) is 0 Å². The van der Waals surface area contributed by atoms with E-state index >= 15 is 0 Å². The van der Waals surface area contributed by atoms with E-state index in [1.54, 1.807) is 38.1 Å². The van der Waals surface area contributed by atoms with Crippen LogP contribution in [0.15, 0.2) is 29.8 Å². The van der Waals surface area contributed by atoms with E-state index < -0.39 is 23.7 Å². The molecule has 35 heavy (non-hydrogen) atoms. The molecular weight excluding hydrogens is 470 g/mol. The van der Waals surface area contributed by atoms with Crippen LogP contribution in [0.4, 0.5) is 0 Å². The molecule has 0 aliphatic carbocycles. The normalized spacial score (nSPS) is 17.5. The maximum absolute atomic E-state index is 13.3. The van der Waals surface area contributed by atoms with Crippen molar-refractivity contribution in [2.45, 2.75) is 40.2 Å². The number of ether oxygens (including phenoxy) is 1. The van der Waals surface area contributed by atoms with Gasteiger partial charge in [-0.25, -0.2) is 4.79 Å². The number of esters is 1. The Balaban J connectivity index is 2.11. The molecule has 2 heterocycles. The van der Waals surface area contributed by atoms with Crippen molar-refractivity contribution in [3.05, 3.63) is 62.9 Å². The first-order valence-electron chi connectivity index (χ1n) is 11.7. The van der Waals surface area contributed by atoms with Crippen molar-refractivity contribution in [1.82, 2.24) is 14.8 Å². The molecule has 1 aromatic carbocycles. The molecule has 1 atom stereocenters. The van der Waals surface area contributed by atoms with Gasteiger partial charge in [-0.15, -0.1) is 0 Å². The van der Waals surface area contributed by atoms with E-state index in [1.165, 1.54) is 12.0 Å². The highest BCUT2D eigenvalue weighted by Gasteiger charge is 2.46. The zero-order chi connectivity index (χ0) is 25.9. The van der Waals surface area contributed by atoms with E-state index in [1.807, 2.05) is 0 Å². The quantitative estimate of drug-likeness (QED) is 0.231. The molecule has 0 saturated carbocycles. The van der Waals surface area contributed by atoms with Gasteiger partial charge in [0.2, 0.25) is 0 Å². The number of rotatable bonds is 9. The summed E-state index contributed by atoms with van der Waals surface area (Å²) in [5.74, 6) is -2.33. The highest BCUT2D eigenvalue weighted by molar-refractivity contribution is 6.46. The second-order valence-corrected chi connectivity index (χ2v) is 8.98. The first-order chi connectivity index (χ1) is 16.7. The molecule has 188 valence electrons. The number of carbonyl (C=O) groups is 3. The van der Waals surface area contributed by atoms with Gasteiger partial charge in [0, 0.05) is 22.8 Å². The van der Waals surface area contributed by atoms with E-state index in [0.717, 1.165) is 19.6 Å². The Labute approximate surface area is 210 Å². The molecule has 1 amide bonds. The van der Waals surface area contributed by atoms with Gasteiger partial charge in [0.25, 0.3) is 11.7 Å². The number of halogens is 1. The summed E-state index contributed by atoms with van der Waals surface area (Å²) in [6.45, 7) is 10.4. The molecule has 1 aliphatic heterocycles. The van der Waals surface area contributed by atoms with E-state index in [2.05, 4.69) is 23.7 Å². The van der Waals surface area contributed by atoms with Gasteiger partial charge in [-0.05, 0) is 63.2 Å². The van der Waals surface area contributed by atoms with Gasteiger partial charge in [0.1, 0.15) is 11.5 Å². The van der Waals surface area contributed by atoms with E-state index in [4.69, 9.17) is 16.3 Å². The van der Waals surface area contributed by atoms with Crippen LogP contribution >= 0.6 is 11.6 Å². The molecule has 0 unspecified atom stereocenters. The fourth-order valence-corrected chi connectivity index (χ4v) is 4.78. The molecule has 9 heteroatoms. The Kier molecular flexibility index (Phi) is 8.40. The number of ketones is 1. The summed E-state index contributed by atoms with van der Waals surface area (Å²) in [5.41, 5.74) is 2.07. The van der Waals surface area contributed by atoms with Gasteiger partial charge < -0.3 is 24.6 Å². The number of benzene rings is 1. The molecule has 2 aromatic rings. The van der Waals surface area contributed by atoms with Gasteiger partial charge in [-0.3, -0.25) is 9.59 Å². The summed E-state index contributed by atoms with van der Waals surface area (Å²) in [7, 11) is 1.27. The smallest absolute Gasteiger partial charge is 0.354 e. The molecule has 1 saturated heterocycles. The van der Waals surface area contributed by atoms with Gasteiger partial charge in [-0.1, -0.05) is 37.6 Å². The average molecular weight is 502 g/mol. The SMILES string of the molecule is CCN(CC)CCCN1C(=O)C(=O)C(=C(O)c2c(C)[nH]c(C(=O)OC)c2C)[C@@H]1c1ccc(Cl)cc1. The van der Waals surface area contributed by atoms with Crippen molar-refractivity contribution in [3.8, 4) is 0 Å². The fourth-order valence-electron chi connectivity index (χ4n) is 4.65. The van der Waals surface area contributed by atoms with Crippen LogP contribution in [-0.2, 0) is 14.3 Å². The number of likely N-dealkylation sites (tertiary alicyclic amines) is 1. The number of aromatic nitrogens is 1. The van der Waals surface area contributed by atoms with Crippen LogP contribution in [0.5, 0.6) is 0 Å². The Morgan fingerprint density at radius 1 is 1.17 bits per heavy atom. The molecule has 8 nitrogen and oxygen atoms in total. The number of H-pyrrole nitrogens is 1. The van der Waals surface area contributed by atoms with Crippen LogP contribution in [0.1, 0.15) is 59.2 Å². The highest BCUT2D eigenvalue weighted by atomic mass is 35.5. The summed E-state index contributed by atoms with van der Waals surface area (Å²) < 4.78 is 4.82. The molecule has 0 bridgehead atoms. The monoisotopic (exact) mass is 501 g/mol. The summed E-state index contributed by atoms with van der Waals surface area (Å²) >= 11 is 6.08. The minimum Gasteiger partial charge on any atom is -0.507 e. The predicted octanol–water partition coefficient (Wildman–Crippen LogP) is 4.23. The topological polar surface area (TPSA) is 103 Å². The molecule has 0 radical (unpaired) electrons. The van der Waals surface area contributed by atoms with Gasteiger partial charge in [0.15, 0.2) is 0 Å². The zero-order valence-corrected chi connectivity index (χ0v) is 21.5. The minimum atomic E-state index is -0.778. The number of hydrogen-bond donors (Lipinski definition) is 2. The lowest BCUT2D eigenvalue weighted by molar-refractivity contribution is -0.140. The molecular formula is C26H32ClN3O5. The Morgan fingerprint density at radius 3 is 2.37 bits per heavy atom. The van der Waals surface area contributed by atoms with Gasteiger partial charge >= 0.3 is 5.97 Å². The highest BCUT2D eigenvalue weighted by Crippen LogP contribution is 2.41. The van der Waals surface area contributed by atoms with Crippen LogP contribution in [0.2, 0.25) is 5.02 Å². The third-order valence-corrected chi connectivity index (χ3v) is 6.81. The maximum atomic E-state index is 13.3. The fraction of sp³-hybridized carbons (Fsp3) is 0.423. The summed E-state index contributed by atoms with van der Waals surface area (Å²) in [5, 5.41) is 11.9. The average Bonchev–Trinajstić information content (AvgIpc) is 3.28. The summed E-state index contributed by atoms with van der Waals surface area (Å²) in [6, 6.07) is 6.10. The second-order valence-electron chi connectivity index (χ2n) is 8.54. The molecule has 1 fully saturated rings. The van der Waals surface area contributed by atoms with E-state index in [0.29, 0.717) is 40.4 Å². The molecule has 1 aliphatic rings. The zero-order valence-electron chi connectivity index (χ0n) is 20.8. The second kappa shape index (κ2) is 11.1. The number of carbonyl (C=O) groups excluding carboxylic acids is 3. The number of methoxy groups -OCH3 is 1. The lowest BCUT2D eigenvalue weighted by Gasteiger charge is -2.27. The lowest BCUT2D eigenvalue weighted by atomic mass is 9.94. The Bertz CT molecular complexity index is 1150. The van der Waals surface area contributed by atoms with Crippen LogP contribution in [0.3, 0.4) is 0 Å². The van der Waals surface area contributed by atoms with E-state index in [9.17, 15) is 19.5 Å². The number of amides is 1. The van der Waals surface area contributed by atoms with Gasteiger partial charge in [-0.2, -0.15) is 0 Å². The Morgan fingerprint density at radius 2 is 1.80 bits per heavy atom. The van der Waals surface area contributed by atoms with Crippen LogP contribution in [0, 0.1) is 13.8 Å². The van der Waals surface area contributed by atoms with Crippen LogP contribution < -0.4 is 0 Å². The van der Waals surface area contributed by atoms with Crippen molar-refractivity contribution >= 4 is 35.0 Å². The molecule has 0 spiro atoms. The Hall–Kier alpha value is -3.10. The minimum absolute atomic E-state index is 0.0122. The van der Waals surface area contributed by atoms with Crippen molar-refractivity contribution in [2.24, 2.45) is 0 Å². The molecule has 1 aromatic heterocycles. The first kappa shape index (κ1) is 26.5. The standard InChI is InChI=1S/C26H32ClN3O5/c1-6-29(7-2)13-8-14-30-22(17-9-11-18(27)12-10-17)20(24(32)25(30)33)23(31)19-15(3)21(26(34)35-5)28-16(19)4/h9-12,22,28,31H,6-8,13-14H2,1-5H3/t22-/m0/s1. The number of nitrogens with zero attached hydrogens (tertiary/aromatic N) is 2. The summed E-state index contributed by atoms with van der Waals surface area (Å²) in [6.07, 6.45) is 0.674. The third kappa shape index (κ3) is 5.13. The van der Waals surface area contributed by atoms with E-state index in [-0.39, 0.29) is 17.0 Å². The van der Waals surface area contributed by atoms with Crippen molar-refractivity contribution in [2.75, 3.05) is 33.3 Å². The maximum Gasteiger partial charge on any atom is 0.354 e. The number of Topliss-reactive ketones (excluding diaryl/α,β-unsaturated/α-hetero) is 1. The number of aryl methyl sites for hydroxylation is 1. The first-order valence-corrected chi connectivity index (χ1v) is 12.1. The number of hydrogen-bond acceptors (Lipinski definition) is 6. The van der Waals surface area contributed by atoms with Gasteiger partial charge in [0.05, 0.1) is 18.7 Å². The number of aliphatic hydroxyl groups excluding tert-OH is 1. The number of aliphatic hydroxyl groups is 1. The van der Waals surface area contributed by atoms with Crippen LogP contribution in [0.25, 0.3) is 5.76 Å². The summed E-state index contributed by atoms with van der Waals surface area (Å²) in [4.78, 5) is 45.3. The molecule has 2 N–H and O–H groups in total. The van der Waals surface area contributed by atoms with Crippen molar-refractivity contribution < 1.29 is 24.2 Å².